The van der Waals surface area contributed by atoms with Crippen LogP contribution in [0.2, 0.25) is 0 Å². The highest BCUT2D eigenvalue weighted by molar-refractivity contribution is 5.46. The van der Waals surface area contributed by atoms with Crippen LogP contribution in [0.4, 0.5) is 10.1 Å². The molecule has 18 heavy (non-hydrogen) atoms. The van der Waals surface area contributed by atoms with Crippen LogP contribution in [0.25, 0.3) is 0 Å². The van der Waals surface area contributed by atoms with Crippen molar-refractivity contribution in [3.05, 3.63) is 29.6 Å². The minimum Gasteiger partial charge on any atom is -0.398 e. The average molecular weight is 252 g/mol. The Hall–Kier alpha value is -1.13. The van der Waals surface area contributed by atoms with Gasteiger partial charge in [0.1, 0.15) is 5.82 Å². The minimum absolute atomic E-state index is 0.229. The van der Waals surface area contributed by atoms with E-state index < -0.39 is 0 Å². The van der Waals surface area contributed by atoms with E-state index in [1.807, 2.05) is 0 Å². The van der Waals surface area contributed by atoms with Gasteiger partial charge in [-0.2, -0.15) is 0 Å². The topological polar surface area (TPSA) is 38.5 Å². The number of benzene rings is 1. The lowest BCUT2D eigenvalue weighted by molar-refractivity contribution is -0.00741. The second-order valence-corrected chi connectivity index (χ2v) is 5.12. The van der Waals surface area contributed by atoms with E-state index in [1.165, 1.54) is 12.1 Å². The Balaban J connectivity index is 2.03. The summed E-state index contributed by atoms with van der Waals surface area (Å²) in [6.07, 6.45) is 1.36. The number of hydrogen-bond donors (Lipinski definition) is 1. The number of methoxy groups -OCH3 is 1. The molecule has 1 fully saturated rings. The van der Waals surface area contributed by atoms with E-state index in [9.17, 15) is 4.39 Å². The first-order valence-electron chi connectivity index (χ1n) is 6.39. The van der Waals surface area contributed by atoms with Crippen molar-refractivity contribution in [3.63, 3.8) is 0 Å². The van der Waals surface area contributed by atoms with Crippen molar-refractivity contribution < 1.29 is 9.13 Å². The van der Waals surface area contributed by atoms with Crippen molar-refractivity contribution in [1.82, 2.24) is 4.90 Å². The molecule has 0 aromatic heterocycles. The molecular formula is C14H21FN2O. The van der Waals surface area contributed by atoms with E-state index in [0.717, 1.165) is 25.1 Å². The maximum absolute atomic E-state index is 13.2. The lowest BCUT2D eigenvalue weighted by atomic mass is 9.95. The molecule has 4 heteroatoms. The van der Waals surface area contributed by atoms with E-state index in [4.69, 9.17) is 10.5 Å². The summed E-state index contributed by atoms with van der Waals surface area (Å²) in [4.78, 5) is 2.28. The third kappa shape index (κ3) is 3.00. The van der Waals surface area contributed by atoms with E-state index >= 15 is 0 Å². The third-order valence-electron chi connectivity index (χ3n) is 3.78. The summed E-state index contributed by atoms with van der Waals surface area (Å²) in [6.45, 7) is 4.79. The Morgan fingerprint density at radius 2 is 2.28 bits per heavy atom. The van der Waals surface area contributed by atoms with E-state index in [2.05, 4.69) is 11.8 Å². The molecule has 2 atom stereocenters. The molecule has 0 saturated carbocycles. The summed E-state index contributed by atoms with van der Waals surface area (Å²) in [7, 11) is 1.75. The van der Waals surface area contributed by atoms with Gasteiger partial charge in [-0.15, -0.1) is 0 Å². The molecule has 1 aromatic carbocycles. The highest BCUT2D eigenvalue weighted by atomic mass is 19.1. The second-order valence-electron chi connectivity index (χ2n) is 5.12. The second kappa shape index (κ2) is 5.67. The lowest BCUT2D eigenvalue weighted by Gasteiger charge is -2.36. The van der Waals surface area contributed by atoms with Crippen LogP contribution >= 0.6 is 0 Å². The number of ether oxygens (including phenoxy) is 1. The van der Waals surface area contributed by atoms with Gasteiger partial charge in [0.15, 0.2) is 0 Å². The molecule has 1 aliphatic rings. The Morgan fingerprint density at radius 1 is 1.50 bits per heavy atom. The number of nitrogens with two attached hydrogens (primary N) is 1. The van der Waals surface area contributed by atoms with Gasteiger partial charge in [-0.1, -0.05) is 6.92 Å². The molecule has 100 valence electrons. The highest BCUT2D eigenvalue weighted by Crippen LogP contribution is 2.23. The van der Waals surface area contributed by atoms with Crippen molar-refractivity contribution in [2.24, 2.45) is 5.92 Å². The van der Waals surface area contributed by atoms with Crippen LogP contribution in [0, 0.1) is 11.7 Å². The summed E-state index contributed by atoms with van der Waals surface area (Å²) < 4.78 is 18.7. The summed E-state index contributed by atoms with van der Waals surface area (Å²) in [5, 5.41) is 0. The van der Waals surface area contributed by atoms with Crippen LogP contribution < -0.4 is 5.73 Å². The predicted molar refractivity (Wildman–Crippen MR) is 70.7 cm³/mol. The van der Waals surface area contributed by atoms with Crippen LogP contribution in [0.5, 0.6) is 0 Å². The first kappa shape index (κ1) is 13.3. The quantitative estimate of drug-likeness (QED) is 0.839. The third-order valence-corrected chi connectivity index (χ3v) is 3.78. The monoisotopic (exact) mass is 252 g/mol. The van der Waals surface area contributed by atoms with Gasteiger partial charge in [-0.05, 0) is 42.6 Å². The number of piperidine rings is 1. The summed E-state index contributed by atoms with van der Waals surface area (Å²) in [6, 6.07) is 4.55. The first-order valence-corrected chi connectivity index (χ1v) is 6.39. The van der Waals surface area contributed by atoms with Crippen molar-refractivity contribution in [3.8, 4) is 0 Å². The lowest BCUT2D eigenvalue weighted by Crippen LogP contribution is -2.43. The number of likely N-dealkylation sites (tertiary alicyclic amines) is 1. The Morgan fingerprint density at radius 3 is 3.00 bits per heavy atom. The molecule has 0 radical (unpaired) electrons. The fourth-order valence-corrected chi connectivity index (χ4v) is 2.50. The standard InChI is InChI=1S/C14H21FN2O/c1-10-5-6-17(9-14(10)18-2)8-11-7-12(15)3-4-13(11)16/h3-4,7,10,14H,5-6,8-9,16H2,1-2H3. The van der Waals surface area contributed by atoms with Crippen molar-refractivity contribution in [1.29, 1.82) is 0 Å². The summed E-state index contributed by atoms with van der Waals surface area (Å²) in [5.74, 6) is 0.351. The molecule has 1 aliphatic heterocycles. The average Bonchev–Trinajstić information content (AvgIpc) is 2.36. The van der Waals surface area contributed by atoms with Crippen LogP contribution in [0.1, 0.15) is 18.9 Å². The zero-order valence-corrected chi connectivity index (χ0v) is 11.0. The van der Waals surface area contributed by atoms with Gasteiger partial charge < -0.3 is 10.5 Å². The molecule has 1 saturated heterocycles. The van der Waals surface area contributed by atoms with Gasteiger partial charge in [0.25, 0.3) is 0 Å². The maximum Gasteiger partial charge on any atom is 0.123 e. The van der Waals surface area contributed by atoms with Crippen LogP contribution in [0.3, 0.4) is 0 Å². The van der Waals surface area contributed by atoms with Crippen LogP contribution in [-0.4, -0.2) is 31.2 Å². The fraction of sp³-hybridized carbons (Fsp3) is 0.571. The highest BCUT2D eigenvalue weighted by Gasteiger charge is 2.26. The Kier molecular flexibility index (Phi) is 4.19. The van der Waals surface area contributed by atoms with E-state index in [-0.39, 0.29) is 11.9 Å². The van der Waals surface area contributed by atoms with Gasteiger partial charge in [-0.25, -0.2) is 4.39 Å². The molecule has 2 rings (SSSR count). The van der Waals surface area contributed by atoms with E-state index in [0.29, 0.717) is 18.2 Å². The fourth-order valence-electron chi connectivity index (χ4n) is 2.50. The van der Waals surface area contributed by atoms with Gasteiger partial charge in [0.2, 0.25) is 0 Å². The summed E-state index contributed by atoms with van der Waals surface area (Å²) in [5.41, 5.74) is 7.39. The van der Waals surface area contributed by atoms with Gasteiger partial charge in [0.05, 0.1) is 6.10 Å². The molecule has 2 N–H and O–H groups in total. The molecule has 0 spiro atoms. The maximum atomic E-state index is 13.2. The largest absolute Gasteiger partial charge is 0.398 e. The molecule has 2 unspecified atom stereocenters. The van der Waals surface area contributed by atoms with Crippen LogP contribution in [0.15, 0.2) is 18.2 Å². The van der Waals surface area contributed by atoms with E-state index in [1.54, 1.807) is 13.2 Å². The van der Waals surface area contributed by atoms with Crippen LogP contribution in [-0.2, 0) is 11.3 Å². The van der Waals surface area contributed by atoms with Crippen molar-refractivity contribution in [2.75, 3.05) is 25.9 Å². The smallest absolute Gasteiger partial charge is 0.123 e. The number of anilines is 1. The molecule has 3 nitrogen and oxygen atoms in total. The number of hydrogen-bond acceptors (Lipinski definition) is 3. The zero-order valence-electron chi connectivity index (χ0n) is 11.0. The number of nitrogens with zero attached hydrogens (tertiary/aromatic N) is 1. The molecular weight excluding hydrogens is 231 g/mol. The summed E-state index contributed by atoms with van der Waals surface area (Å²) >= 11 is 0. The van der Waals surface area contributed by atoms with Gasteiger partial charge in [0, 0.05) is 25.9 Å². The number of rotatable bonds is 3. The zero-order chi connectivity index (χ0) is 13.1. The van der Waals surface area contributed by atoms with Crippen molar-refractivity contribution >= 4 is 5.69 Å². The predicted octanol–water partition coefficient (Wildman–Crippen LogP) is 2.26. The molecule has 0 amide bonds. The molecule has 1 heterocycles. The van der Waals surface area contributed by atoms with Gasteiger partial charge >= 0.3 is 0 Å². The molecule has 0 aliphatic carbocycles. The number of halogens is 1. The van der Waals surface area contributed by atoms with Crippen molar-refractivity contribution in [2.45, 2.75) is 26.0 Å². The SMILES string of the molecule is COC1CN(Cc2cc(F)ccc2N)CCC1C. The first-order chi connectivity index (χ1) is 8.60. The Bertz CT molecular complexity index is 411. The molecule has 1 aromatic rings. The van der Waals surface area contributed by atoms with Gasteiger partial charge in [-0.3, -0.25) is 4.90 Å². The minimum atomic E-state index is -0.229. The molecule has 0 bridgehead atoms. The number of nitrogen functional groups attached to an aromatic ring is 1. The Labute approximate surface area is 108 Å². The normalized spacial score (nSPS) is 25.3.